The van der Waals surface area contributed by atoms with Gasteiger partial charge >= 0.3 is 0 Å². The van der Waals surface area contributed by atoms with Gasteiger partial charge in [0.25, 0.3) is 0 Å². The second kappa shape index (κ2) is 2.94. The third kappa shape index (κ3) is 1.25. The van der Waals surface area contributed by atoms with Gasteiger partial charge in [-0.15, -0.1) is 0 Å². The molecule has 0 unspecified atom stereocenters. The number of hydrogen-bond donors (Lipinski definition) is 0. The molecule has 1 saturated carbocycles. The molecule has 0 N–H and O–H groups in total. The molecular weight excluding hydrogens is 265 g/mol. The Morgan fingerprint density at radius 1 is 1.36 bits per heavy atom. The van der Waals surface area contributed by atoms with Gasteiger partial charge < -0.3 is 4.57 Å². The van der Waals surface area contributed by atoms with Crippen molar-refractivity contribution in [3.63, 3.8) is 0 Å². The van der Waals surface area contributed by atoms with Crippen LogP contribution in [0.4, 0.5) is 0 Å². The fraction of sp³-hybridized carbons (Fsp3) is 0.333. The number of imidazole rings is 1. The molecule has 1 aliphatic rings. The van der Waals surface area contributed by atoms with Crippen LogP contribution >= 0.6 is 27.5 Å². The third-order valence-corrected chi connectivity index (χ3v) is 3.14. The number of halogens is 2. The zero-order valence-electron chi connectivity index (χ0n) is 7.24. The molecule has 5 heteroatoms. The average molecular weight is 273 g/mol. The predicted octanol–water partition coefficient (Wildman–Crippen LogP) is 3.18. The number of rotatable bonds is 1. The Kier molecular flexibility index (Phi) is 1.82. The average Bonchev–Trinajstić information content (AvgIpc) is 2.90. The summed E-state index contributed by atoms with van der Waals surface area (Å²) in [5, 5.41) is 0.520. The molecule has 0 atom stereocenters. The fourth-order valence-electron chi connectivity index (χ4n) is 1.58. The van der Waals surface area contributed by atoms with E-state index in [0.717, 1.165) is 15.9 Å². The summed E-state index contributed by atoms with van der Waals surface area (Å²) in [5.41, 5.74) is 1.78. The maximum absolute atomic E-state index is 5.86. The van der Waals surface area contributed by atoms with E-state index in [4.69, 9.17) is 11.6 Å². The van der Waals surface area contributed by atoms with Crippen molar-refractivity contribution in [2.45, 2.75) is 18.9 Å². The van der Waals surface area contributed by atoms with Crippen molar-refractivity contribution in [2.24, 2.45) is 0 Å². The first-order chi connectivity index (χ1) is 6.75. The van der Waals surface area contributed by atoms with Gasteiger partial charge in [-0.25, -0.2) is 9.97 Å². The van der Waals surface area contributed by atoms with Crippen LogP contribution in [-0.2, 0) is 0 Å². The molecule has 3 rings (SSSR count). The van der Waals surface area contributed by atoms with Gasteiger partial charge in [0.2, 0.25) is 0 Å². The zero-order valence-corrected chi connectivity index (χ0v) is 9.59. The minimum absolute atomic E-state index is 0.520. The van der Waals surface area contributed by atoms with E-state index in [1.807, 2.05) is 6.07 Å². The van der Waals surface area contributed by atoms with Crippen LogP contribution < -0.4 is 0 Å². The van der Waals surface area contributed by atoms with Gasteiger partial charge in [-0.05, 0) is 40.9 Å². The molecule has 72 valence electrons. The summed E-state index contributed by atoms with van der Waals surface area (Å²) < 4.78 is 2.96. The molecule has 0 spiro atoms. The van der Waals surface area contributed by atoms with Gasteiger partial charge in [0.05, 0.1) is 0 Å². The summed E-state index contributed by atoms with van der Waals surface area (Å²) in [4.78, 5) is 8.67. The molecule has 1 aliphatic carbocycles. The Morgan fingerprint density at radius 2 is 2.14 bits per heavy atom. The standard InChI is InChI=1S/C9H7BrClN3/c10-9-12-6-3-4-7(11)13-8(6)14(9)5-1-2-5/h3-5H,1-2H2. The van der Waals surface area contributed by atoms with Crippen molar-refractivity contribution < 1.29 is 0 Å². The molecule has 2 aromatic rings. The summed E-state index contributed by atoms with van der Waals surface area (Å²) in [6.45, 7) is 0. The first kappa shape index (κ1) is 8.68. The van der Waals surface area contributed by atoms with Gasteiger partial charge in [0, 0.05) is 6.04 Å². The number of nitrogens with zero attached hydrogens (tertiary/aromatic N) is 3. The van der Waals surface area contributed by atoms with E-state index in [1.54, 1.807) is 6.07 Å². The zero-order chi connectivity index (χ0) is 9.71. The van der Waals surface area contributed by atoms with Crippen molar-refractivity contribution in [3.05, 3.63) is 22.0 Å². The minimum atomic E-state index is 0.520. The first-order valence-corrected chi connectivity index (χ1v) is 5.63. The van der Waals surface area contributed by atoms with Gasteiger partial charge in [0.15, 0.2) is 10.4 Å². The highest BCUT2D eigenvalue weighted by atomic mass is 79.9. The Balaban J connectivity index is 2.34. The highest BCUT2D eigenvalue weighted by Crippen LogP contribution is 2.39. The SMILES string of the molecule is Clc1ccc2nc(Br)n(C3CC3)c2n1. The number of hydrogen-bond acceptors (Lipinski definition) is 2. The van der Waals surface area contributed by atoms with Crippen LogP contribution in [0.5, 0.6) is 0 Å². The van der Waals surface area contributed by atoms with Crippen molar-refractivity contribution in [2.75, 3.05) is 0 Å². The second-order valence-electron chi connectivity index (χ2n) is 3.46. The Labute approximate surface area is 94.2 Å². The maximum Gasteiger partial charge on any atom is 0.179 e. The van der Waals surface area contributed by atoms with Crippen LogP contribution in [-0.4, -0.2) is 14.5 Å². The van der Waals surface area contributed by atoms with E-state index in [1.165, 1.54) is 12.8 Å². The minimum Gasteiger partial charge on any atom is -0.300 e. The smallest absolute Gasteiger partial charge is 0.179 e. The van der Waals surface area contributed by atoms with Crippen LogP contribution in [0.25, 0.3) is 11.2 Å². The monoisotopic (exact) mass is 271 g/mol. The van der Waals surface area contributed by atoms with E-state index in [9.17, 15) is 0 Å². The molecule has 0 amide bonds. The lowest BCUT2D eigenvalue weighted by atomic mass is 10.4. The van der Waals surface area contributed by atoms with Crippen LogP contribution in [0.2, 0.25) is 5.15 Å². The molecule has 0 aliphatic heterocycles. The molecule has 1 fully saturated rings. The fourth-order valence-corrected chi connectivity index (χ4v) is 2.37. The summed E-state index contributed by atoms with van der Waals surface area (Å²) in [6, 6.07) is 4.22. The number of aromatic nitrogens is 3. The van der Waals surface area contributed by atoms with Crippen LogP contribution in [0.1, 0.15) is 18.9 Å². The van der Waals surface area contributed by atoms with Gasteiger partial charge in [-0.2, -0.15) is 0 Å². The first-order valence-electron chi connectivity index (χ1n) is 4.45. The molecule has 0 saturated heterocycles. The highest BCUT2D eigenvalue weighted by Gasteiger charge is 2.28. The third-order valence-electron chi connectivity index (χ3n) is 2.37. The molecule has 2 heterocycles. The molecule has 0 bridgehead atoms. The molecule has 0 aromatic carbocycles. The summed E-state index contributed by atoms with van der Waals surface area (Å²) in [5.74, 6) is 0. The highest BCUT2D eigenvalue weighted by molar-refractivity contribution is 9.10. The van der Waals surface area contributed by atoms with Crippen molar-refractivity contribution >= 4 is 38.7 Å². The number of pyridine rings is 1. The summed E-state index contributed by atoms with van der Waals surface area (Å²) in [6.07, 6.45) is 2.41. The molecule has 14 heavy (non-hydrogen) atoms. The normalized spacial score (nSPS) is 16.4. The van der Waals surface area contributed by atoms with Crippen LogP contribution in [0.15, 0.2) is 16.9 Å². The largest absolute Gasteiger partial charge is 0.300 e. The topological polar surface area (TPSA) is 30.7 Å². The second-order valence-corrected chi connectivity index (χ2v) is 4.56. The molecule has 0 radical (unpaired) electrons. The van der Waals surface area contributed by atoms with Crippen molar-refractivity contribution in [1.82, 2.24) is 14.5 Å². The van der Waals surface area contributed by atoms with Gasteiger partial charge in [-0.3, -0.25) is 0 Å². The quantitative estimate of drug-likeness (QED) is 0.747. The summed E-state index contributed by atoms with van der Waals surface area (Å²) >= 11 is 9.30. The van der Waals surface area contributed by atoms with E-state index < -0.39 is 0 Å². The Hall–Kier alpha value is -0.610. The lowest BCUT2D eigenvalue weighted by Gasteiger charge is -2.01. The lowest BCUT2D eigenvalue weighted by Crippen LogP contribution is -1.95. The van der Waals surface area contributed by atoms with E-state index in [0.29, 0.717) is 11.2 Å². The van der Waals surface area contributed by atoms with E-state index in [2.05, 4.69) is 30.5 Å². The van der Waals surface area contributed by atoms with Crippen LogP contribution in [0.3, 0.4) is 0 Å². The van der Waals surface area contributed by atoms with Gasteiger partial charge in [0.1, 0.15) is 10.7 Å². The maximum atomic E-state index is 5.86. The summed E-state index contributed by atoms with van der Waals surface area (Å²) in [7, 11) is 0. The van der Waals surface area contributed by atoms with E-state index in [-0.39, 0.29) is 0 Å². The molecule has 2 aromatic heterocycles. The molecule has 3 nitrogen and oxygen atoms in total. The van der Waals surface area contributed by atoms with E-state index >= 15 is 0 Å². The van der Waals surface area contributed by atoms with Crippen molar-refractivity contribution in [3.8, 4) is 0 Å². The molecular formula is C9H7BrClN3. The lowest BCUT2D eigenvalue weighted by molar-refractivity contribution is 0.737. The Morgan fingerprint density at radius 3 is 2.86 bits per heavy atom. The van der Waals surface area contributed by atoms with Crippen LogP contribution in [0, 0.1) is 0 Å². The van der Waals surface area contributed by atoms with Gasteiger partial charge in [-0.1, -0.05) is 11.6 Å². The number of fused-ring (bicyclic) bond motifs is 1. The van der Waals surface area contributed by atoms with Crippen molar-refractivity contribution in [1.29, 1.82) is 0 Å². The Bertz CT molecular complexity index is 504. The predicted molar refractivity (Wildman–Crippen MR) is 58.5 cm³/mol.